The Bertz CT molecular complexity index is 747. The highest BCUT2D eigenvalue weighted by molar-refractivity contribution is 6.07. The number of ketones is 1. The lowest BCUT2D eigenvalue weighted by molar-refractivity contribution is 0.104. The lowest BCUT2D eigenvalue weighted by Gasteiger charge is -2.28. The maximum absolute atomic E-state index is 13.6. The number of hydrogen-bond donors (Lipinski definition) is 0. The van der Waals surface area contributed by atoms with Crippen LogP contribution in [0, 0.1) is 11.6 Å². The number of halogens is 2. The van der Waals surface area contributed by atoms with Crippen molar-refractivity contribution in [3.63, 3.8) is 0 Å². The van der Waals surface area contributed by atoms with Crippen LogP contribution in [-0.4, -0.2) is 18.9 Å². The third-order valence-corrected chi connectivity index (χ3v) is 4.27. The molecule has 3 rings (SSSR count). The Morgan fingerprint density at radius 1 is 0.958 bits per heavy atom. The van der Waals surface area contributed by atoms with Crippen LogP contribution in [0.3, 0.4) is 0 Å². The maximum Gasteiger partial charge on any atom is 0.185 e. The van der Waals surface area contributed by atoms with Crippen LogP contribution in [0.15, 0.2) is 48.5 Å². The Morgan fingerprint density at radius 2 is 1.67 bits per heavy atom. The van der Waals surface area contributed by atoms with Gasteiger partial charge in [0, 0.05) is 29.9 Å². The fourth-order valence-corrected chi connectivity index (χ4v) is 2.90. The molecule has 0 unspecified atom stereocenters. The molecule has 0 bridgehead atoms. The van der Waals surface area contributed by atoms with Crippen molar-refractivity contribution in [2.24, 2.45) is 0 Å². The summed E-state index contributed by atoms with van der Waals surface area (Å²) >= 11 is 0. The van der Waals surface area contributed by atoms with Gasteiger partial charge in [0.15, 0.2) is 17.4 Å². The highest BCUT2D eigenvalue weighted by atomic mass is 19.2. The van der Waals surface area contributed by atoms with E-state index in [-0.39, 0.29) is 11.3 Å². The highest BCUT2D eigenvalue weighted by Gasteiger charge is 2.11. The molecule has 0 saturated carbocycles. The summed E-state index contributed by atoms with van der Waals surface area (Å²) in [4.78, 5) is 14.5. The minimum Gasteiger partial charge on any atom is -0.372 e. The Balaban J connectivity index is 1.70. The van der Waals surface area contributed by atoms with E-state index in [0.717, 1.165) is 24.8 Å². The average molecular weight is 327 g/mol. The van der Waals surface area contributed by atoms with Crippen molar-refractivity contribution in [2.45, 2.75) is 19.3 Å². The molecular weight excluding hydrogens is 308 g/mol. The zero-order valence-electron chi connectivity index (χ0n) is 13.3. The molecule has 1 heterocycles. The predicted octanol–water partition coefficient (Wildman–Crippen LogP) is 4.85. The predicted molar refractivity (Wildman–Crippen MR) is 92.2 cm³/mol. The number of rotatable bonds is 4. The minimum absolute atomic E-state index is 0.0632. The van der Waals surface area contributed by atoms with Gasteiger partial charge >= 0.3 is 0 Å². The summed E-state index contributed by atoms with van der Waals surface area (Å²) in [5.41, 5.74) is 1.71. The molecule has 0 aromatic heterocycles. The van der Waals surface area contributed by atoms with Gasteiger partial charge in [0.1, 0.15) is 0 Å². The molecule has 2 aromatic carbocycles. The highest BCUT2D eigenvalue weighted by Crippen LogP contribution is 2.21. The molecule has 1 aliphatic heterocycles. The first-order chi connectivity index (χ1) is 11.6. The second kappa shape index (κ2) is 7.39. The number of anilines is 1. The number of nitrogens with zero attached hydrogens (tertiary/aromatic N) is 1. The first kappa shape index (κ1) is 16.4. The molecule has 2 aromatic rings. The van der Waals surface area contributed by atoms with Gasteiger partial charge in [0.2, 0.25) is 0 Å². The van der Waals surface area contributed by atoms with Gasteiger partial charge in [-0.15, -0.1) is 0 Å². The van der Waals surface area contributed by atoms with Gasteiger partial charge in [-0.2, -0.15) is 0 Å². The summed E-state index contributed by atoms with van der Waals surface area (Å²) in [7, 11) is 0. The molecule has 0 amide bonds. The van der Waals surface area contributed by atoms with Gasteiger partial charge in [0.25, 0.3) is 0 Å². The van der Waals surface area contributed by atoms with Crippen LogP contribution in [0.4, 0.5) is 14.5 Å². The molecule has 1 saturated heterocycles. The Hall–Kier alpha value is -2.49. The van der Waals surface area contributed by atoms with Crippen LogP contribution in [0.25, 0.3) is 6.08 Å². The minimum atomic E-state index is -0.943. The smallest absolute Gasteiger partial charge is 0.185 e. The Labute approximate surface area is 140 Å². The molecular formula is C20H19F2NO. The SMILES string of the molecule is O=C(C=Cc1cccc(F)c1F)c1ccc(N2CCCCC2)cc1. The molecule has 0 radical (unpaired) electrons. The van der Waals surface area contributed by atoms with E-state index < -0.39 is 11.6 Å². The maximum atomic E-state index is 13.6. The van der Waals surface area contributed by atoms with Crippen molar-refractivity contribution >= 4 is 17.5 Å². The zero-order valence-corrected chi connectivity index (χ0v) is 13.3. The number of carbonyl (C=O) groups is 1. The largest absolute Gasteiger partial charge is 0.372 e. The standard InChI is InChI=1S/C20H19F2NO/c21-18-6-4-5-16(20(18)22)9-12-19(24)15-7-10-17(11-8-15)23-13-2-1-3-14-23/h4-12H,1-3,13-14H2. The summed E-state index contributed by atoms with van der Waals surface area (Å²) in [5.74, 6) is -2.10. The first-order valence-corrected chi connectivity index (χ1v) is 8.16. The molecule has 4 heteroatoms. The van der Waals surface area contributed by atoms with E-state index in [4.69, 9.17) is 0 Å². The van der Waals surface area contributed by atoms with Crippen LogP contribution in [0.5, 0.6) is 0 Å². The van der Waals surface area contributed by atoms with Crippen LogP contribution in [0.1, 0.15) is 35.2 Å². The van der Waals surface area contributed by atoms with Gasteiger partial charge in [-0.1, -0.05) is 12.1 Å². The van der Waals surface area contributed by atoms with E-state index in [1.54, 1.807) is 12.1 Å². The van der Waals surface area contributed by atoms with Gasteiger partial charge in [-0.25, -0.2) is 8.78 Å². The van der Waals surface area contributed by atoms with Crippen LogP contribution in [-0.2, 0) is 0 Å². The van der Waals surface area contributed by atoms with Crippen molar-refractivity contribution in [3.8, 4) is 0 Å². The zero-order chi connectivity index (χ0) is 16.9. The van der Waals surface area contributed by atoms with Gasteiger partial charge in [-0.3, -0.25) is 4.79 Å². The molecule has 0 atom stereocenters. The van der Waals surface area contributed by atoms with E-state index in [9.17, 15) is 13.6 Å². The lowest BCUT2D eigenvalue weighted by atomic mass is 10.1. The third-order valence-electron chi connectivity index (χ3n) is 4.27. The average Bonchev–Trinajstić information content (AvgIpc) is 2.63. The number of carbonyl (C=O) groups excluding carboxylic acids is 1. The third kappa shape index (κ3) is 3.70. The second-order valence-electron chi connectivity index (χ2n) is 5.94. The van der Waals surface area contributed by atoms with Crippen molar-refractivity contribution < 1.29 is 13.6 Å². The van der Waals surface area contributed by atoms with Crippen LogP contribution in [0.2, 0.25) is 0 Å². The summed E-state index contributed by atoms with van der Waals surface area (Å²) in [5, 5.41) is 0. The molecule has 0 spiro atoms. The van der Waals surface area contributed by atoms with Crippen molar-refractivity contribution in [2.75, 3.05) is 18.0 Å². The Morgan fingerprint density at radius 3 is 2.38 bits per heavy atom. The molecule has 24 heavy (non-hydrogen) atoms. The summed E-state index contributed by atoms with van der Waals surface area (Å²) in [6.45, 7) is 2.10. The van der Waals surface area contributed by atoms with Gasteiger partial charge < -0.3 is 4.90 Å². The summed E-state index contributed by atoms with van der Waals surface area (Å²) < 4.78 is 26.7. The van der Waals surface area contributed by atoms with E-state index in [1.165, 1.54) is 43.5 Å². The fourth-order valence-electron chi connectivity index (χ4n) is 2.90. The van der Waals surface area contributed by atoms with E-state index in [2.05, 4.69) is 4.90 Å². The first-order valence-electron chi connectivity index (χ1n) is 8.16. The summed E-state index contributed by atoms with van der Waals surface area (Å²) in [6, 6.07) is 11.3. The molecule has 0 N–H and O–H groups in total. The van der Waals surface area contributed by atoms with Crippen molar-refractivity contribution in [1.82, 2.24) is 0 Å². The number of piperidine rings is 1. The van der Waals surface area contributed by atoms with E-state index in [1.807, 2.05) is 12.1 Å². The number of allylic oxidation sites excluding steroid dienone is 1. The molecule has 1 fully saturated rings. The second-order valence-corrected chi connectivity index (χ2v) is 5.94. The topological polar surface area (TPSA) is 20.3 Å². The van der Waals surface area contributed by atoms with E-state index >= 15 is 0 Å². The lowest BCUT2D eigenvalue weighted by Crippen LogP contribution is -2.29. The van der Waals surface area contributed by atoms with E-state index in [0.29, 0.717) is 5.56 Å². The summed E-state index contributed by atoms with van der Waals surface area (Å²) in [6.07, 6.45) is 6.24. The van der Waals surface area contributed by atoms with Crippen molar-refractivity contribution in [3.05, 3.63) is 71.3 Å². The molecule has 124 valence electrons. The van der Waals surface area contributed by atoms with Gasteiger partial charge in [0.05, 0.1) is 0 Å². The van der Waals surface area contributed by atoms with Gasteiger partial charge in [-0.05, 0) is 61.7 Å². The number of benzene rings is 2. The Kier molecular flexibility index (Phi) is 5.04. The normalized spacial score (nSPS) is 15.0. The molecule has 2 nitrogen and oxygen atoms in total. The van der Waals surface area contributed by atoms with Crippen molar-refractivity contribution in [1.29, 1.82) is 0 Å². The van der Waals surface area contributed by atoms with Crippen LogP contribution < -0.4 is 4.90 Å². The molecule has 1 aliphatic rings. The number of hydrogen-bond acceptors (Lipinski definition) is 2. The monoisotopic (exact) mass is 327 g/mol. The quantitative estimate of drug-likeness (QED) is 0.591. The fraction of sp³-hybridized carbons (Fsp3) is 0.250. The van der Waals surface area contributed by atoms with Crippen LogP contribution >= 0.6 is 0 Å². The molecule has 0 aliphatic carbocycles.